The lowest BCUT2D eigenvalue weighted by Crippen LogP contribution is -2.56. The summed E-state index contributed by atoms with van der Waals surface area (Å²) < 4.78 is 16.2. The topological polar surface area (TPSA) is 146 Å². The molecule has 5 unspecified atom stereocenters. The predicted octanol–water partition coefficient (Wildman–Crippen LogP) is -0.329. The standard InChI is InChI=1S/C18H26O9/c1-10-16(22)18(24)17(23)14(27-10)3-2-4-25-12-5-11(8-19)6-13(7-12)26-9-15(20)21/h5-7,10,14,16-19,22-24H,2-4,8-9H2,1H3,(H,20,21). The minimum Gasteiger partial charge on any atom is -0.493 e. The van der Waals surface area contributed by atoms with Gasteiger partial charge in [0.1, 0.15) is 29.8 Å². The number of aliphatic hydroxyl groups excluding tert-OH is 4. The summed E-state index contributed by atoms with van der Waals surface area (Å²) in [6.45, 7) is 1.15. The van der Waals surface area contributed by atoms with E-state index in [0.717, 1.165) is 0 Å². The van der Waals surface area contributed by atoms with E-state index in [1.54, 1.807) is 13.0 Å². The van der Waals surface area contributed by atoms with Gasteiger partial charge in [-0.3, -0.25) is 0 Å². The van der Waals surface area contributed by atoms with E-state index in [2.05, 4.69) is 0 Å². The molecule has 0 radical (unpaired) electrons. The third-order valence-corrected chi connectivity index (χ3v) is 4.34. The van der Waals surface area contributed by atoms with E-state index in [9.17, 15) is 25.2 Å². The normalized spacial score (nSPS) is 28.0. The van der Waals surface area contributed by atoms with Crippen molar-refractivity contribution in [1.82, 2.24) is 0 Å². The van der Waals surface area contributed by atoms with Gasteiger partial charge in [-0.2, -0.15) is 0 Å². The van der Waals surface area contributed by atoms with E-state index in [1.165, 1.54) is 12.1 Å². The highest BCUT2D eigenvalue weighted by atomic mass is 16.5. The first-order chi connectivity index (χ1) is 12.8. The van der Waals surface area contributed by atoms with Crippen LogP contribution in [0.2, 0.25) is 0 Å². The Hall–Kier alpha value is -1.91. The van der Waals surface area contributed by atoms with Crippen LogP contribution in [0.1, 0.15) is 25.3 Å². The Kier molecular flexibility index (Phi) is 7.81. The minimum absolute atomic E-state index is 0.249. The van der Waals surface area contributed by atoms with Crippen molar-refractivity contribution in [3.05, 3.63) is 23.8 Å². The van der Waals surface area contributed by atoms with Crippen molar-refractivity contribution in [1.29, 1.82) is 0 Å². The third-order valence-electron chi connectivity index (χ3n) is 4.34. The Morgan fingerprint density at radius 3 is 2.37 bits per heavy atom. The number of carboxylic acids is 1. The summed E-state index contributed by atoms with van der Waals surface area (Å²) in [5, 5.41) is 47.4. The second-order valence-electron chi connectivity index (χ2n) is 6.50. The summed E-state index contributed by atoms with van der Waals surface area (Å²) in [5.74, 6) is -0.425. The van der Waals surface area contributed by atoms with Crippen molar-refractivity contribution in [2.75, 3.05) is 13.2 Å². The van der Waals surface area contributed by atoms with Crippen molar-refractivity contribution < 1.29 is 44.5 Å². The number of aliphatic hydroxyl groups is 4. The maximum absolute atomic E-state index is 10.6. The second kappa shape index (κ2) is 9.86. The van der Waals surface area contributed by atoms with Crippen molar-refractivity contribution in [3.63, 3.8) is 0 Å². The van der Waals surface area contributed by atoms with Gasteiger partial charge >= 0.3 is 5.97 Å². The van der Waals surface area contributed by atoms with Crippen molar-refractivity contribution >= 4 is 5.97 Å². The quantitative estimate of drug-likeness (QED) is 0.360. The zero-order valence-electron chi connectivity index (χ0n) is 15.0. The molecular weight excluding hydrogens is 360 g/mol. The van der Waals surface area contributed by atoms with Gasteiger partial charge in [0.25, 0.3) is 0 Å². The molecule has 1 saturated heterocycles. The Balaban J connectivity index is 1.85. The number of carboxylic acid groups (broad SMARTS) is 1. The van der Waals surface area contributed by atoms with Crippen LogP contribution in [0.15, 0.2) is 18.2 Å². The lowest BCUT2D eigenvalue weighted by Gasteiger charge is -2.39. The Bertz CT molecular complexity index is 621. The average Bonchev–Trinajstić information content (AvgIpc) is 2.65. The number of ether oxygens (including phenoxy) is 3. The van der Waals surface area contributed by atoms with Crippen molar-refractivity contribution in [2.45, 2.75) is 56.9 Å². The highest BCUT2D eigenvalue weighted by Crippen LogP contribution is 2.25. The van der Waals surface area contributed by atoms with Crippen LogP contribution < -0.4 is 9.47 Å². The molecule has 1 heterocycles. The fourth-order valence-corrected chi connectivity index (χ4v) is 2.88. The molecule has 1 aromatic carbocycles. The molecular formula is C18H26O9. The largest absolute Gasteiger partial charge is 0.493 e. The van der Waals surface area contributed by atoms with Crippen LogP contribution in [0, 0.1) is 0 Å². The fraction of sp³-hybridized carbons (Fsp3) is 0.611. The molecule has 1 aliphatic heterocycles. The molecule has 0 bridgehead atoms. The Morgan fingerprint density at radius 1 is 1.07 bits per heavy atom. The number of rotatable bonds is 9. The van der Waals surface area contributed by atoms with E-state index in [-0.39, 0.29) is 19.0 Å². The molecule has 1 fully saturated rings. The van der Waals surface area contributed by atoms with Gasteiger partial charge in [0.15, 0.2) is 6.61 Å². The van der Waals surface area contributed by atoms with E-state index in [1.807, 2.05) is 0 Å². The van der Waals surface area contributed by atoms with Crippen LogP contribution in [-0.4, -0.2) is 75.2 Å². The van der Waals surface area contributed by atoms with Crippen molar-refractivity contribution in [3.8, 4) is 11.5 Å². The van der Waals surface area contributed by atoms with Crippen LogP contribution in [0.4, 0.5) is 0 Å². The van der Waals surface area contributed by atoms with Crippen LogP contribution in [-0.2, 0) is 16.1 Å². The van der Waals surface area contributed by atoms with E-state index in [0.29, 0.717) is 24.2 Å². The molecule has 27 heavy (non-hydrogen) atoms. The van der Waals surface area contributed by atoms with Gasteiger partial charge in [0.2, 0.25) is 0 Å². The number of hydrogen-bond acceptors (Lipinski definition) is 8. The highest BCUT2D eigenvalue weighted by Gasteiger charge is 2.41. The highest BCUT2D eigenvalue weighted by molar-refractivity contribution is 5.68. The maximum Gasteiger partial charge on any atom is 0.341 e. The summed E-state index contributed by atoms with van der Waals surface area (Å²) in [6.07, 6.45) is -3.83. The third kappa shape index (κ3) is 6.05. The molecule has 2 rings (SSSR count). The molecule has 9 heteroatoms. The molecule has 1 aromatic rings. The number of hydrogen-bond donors (Lipinski definition) is 5. The lowest BCUT2D eigenvalue weighted by atomic mass is 9.93. The SMILES string of the molecule is CC1OC(CCCOc2cc(CO)cc(OCC(=O)O)c2)C(O)C(O)C1O. The average molecular weight is 386 g/mol. The van der Waals surface area contributed by atoms with Gasteiger partial charge in [-0.25, -0.2) is 4.79 Å². The van der Waals surface area contributed by atoms with E-state index in [4.69, 9.17) is 19.3 Å². The number of aliphatic carboxylic acids is 1. The Labute approximate surface area is 156 Å². The summed E-state index contributed by atoms with van der Waals surface area (Å²) in [5.41, 5.74) is 0.518. The van der Waals surface area contributed by atoms with Gasteiger partial charge in [-0.1, -0.05) is 0 Å². The fourth-order valence-electron chi connectivity index (χ4n) is 2.88. The predicted molar refractivity (Wildman–Crippen MR) is 92.6 cm³/mol. The molecule has 0 saturated carbocycles. The lowest BCUT2D eigenvalue weighted by molar-refractivity contribution is -0.218. The smallest absolute Gasteiger partial charge is 0.341 e. The van der Waals surface area contributed by atoms with Gasteiger partial charge in [-0.15, -0.1) is 0 Å². The molecule has 5 atom stereocenters. The van der Waals surface area contributed by atoms with Crippen LogP contribution in [0.3, 0.4) is 0 Å². The second-order valence-corrected chi connectivity index (χ2v) is 6.50. The van der Waals surface area contributed by atoms with Crippen LogP contribution in [0.25, 0.3) is 0 Å². The zero-order chi connectivity index (χ0) is 20.0. The van der Waals surface area contributed by atoms with E-state index < -0.39 is 43.1 Å². The first-order valence-electron chi connectivity index (χ1n) is 8.73. The number of benzene rings is 1. The maximum atomic E-state index is 10.6. The summed E-state index contributed by atoms with van der Waals surface area (Å²) in [6, 6.07) is 4.66. The molecule has 0 aliphatic carbocycles. The minimum atomic E-state index is -1.25. The van der Waals surface area contributed by atoms with Crippen molar-refractivity contribution in [2.24, 2.45) is 0 Å². The van der Waals surface area contributed by atoms with Gasteiger partial charge in [0, 0.05) is 6.07 Å². The molecule has 152 valence electrons. The first-order valence-corrected chi connectivity index (χ1v) is 8.73. The molecule has 9 nitrogen and oxygen atoms in total. The number of carbonyl (C=O) groups is 1. The van der Waals surface area contributed by atoms with Gasteiger partial charge < -0.3 is 39.7 Å². The summed E-state index contributed by atoms with van der Waals surface area (Å²) in [7, 11) is 0. The van der Waals surface area contributed by atoms with E-state index >= 15 is 0 Å². The van der Waals surface area contributed by atoms with Crippen LogP contribution >= 0.6 is 0 Å². The molecule has 0 spiro atoms. The Morgan fingerprint density at radius 2 is 1.74 bits per heavy atom. The summed E-state index contributed by atoms with van der Waals surface area (Å²) >= 11 is 0. The molecule has 1 aliphatic rings. The molecule has 0 amide bonds. The van der Waals surface area contributed by atoms with Crippen LogP contribution in [0.5, 0.6) is 11.5 Å². The summed E-state index contributed by atoms with van der Waals surface area (Å²) in [4.78, 5) is 10.6. The molecule has 0 aromatic heterocycles. The molecule has 5 N–H and O–H groups in total. The first kappa shape index (κ1) is 21.4. The van der Waals surface area contributed by atoms with Gasteiger partial charge in [-0.05, 0) is 37.5 Å². The van der Waals surface area contributed by atoms with Gasteiger partial charge in [0.05, 0.1) is 25.4 Å². The monoisotopic (exact) mass is 386 g/mol. The zero-order valence-corrected chi connectivity index (χ0v) is 15.0.